The predicted octanol–water partition coefficient (Wildman–Crippen LogP) is 6.00. The first-order chi connectivity index (χ1) is 16.0. The average Bonchev–Trinajstić information content (AvgIpc) is 3.23. The van der Waals surface area contributed by atoms with Crippen LogP contribution in [0.4, 0.5) is 5.13 Å². The first-order valence-corrected chi connectivity index (χ1v) is 11.4. The number of hydrogen-bond donors (Lipinski definition) is 0. The Bertz CT molecular complexity index is 1310. The highest BCUT2D eigenvalue weighted by Gasteiger charge is 2.22. The van der Waals surface area contributed by atoms with Gasteiger partial charge in [0.2, 0.25) is 5.13 Å². The molecule has 1 amide bonds. The lowest BCUT2D eigenvalue weighted by molar-refractivity contribution is 0.0987. The molecule has 0 aliphatic carbocycles. The number of rotatable bonds is 7. The van der Waals surface area contributed by atoms with E-state index in [1.165, 1.54) is 16.3 Å². The topological polar surface area (TPSA) is 64.0 Å². The zero-order valence-corrected chi connectivity index (χ0v) is 19.8. The zero-order chi connectivity index (χ0) is 23.4. The largest absolute Gasteiger partial charge is 0.497 e. The number of fused-ring (bicyclic) bond motifs is 1. The Morgan fingerprint density at radius 1 is 1.06 bits per heavy atom. The molecule has 4 rings (SSSR count). The van der Waals surface area contributed by atoms with Crippen molar-refractivity contribution in [3.63, 3.8) is 0 Å². The van der Waals surface area contributed by atoms with Crippen molar-refractivity contribution in [2.45, 2.75) is 20.8 Å². The Morgan fingerprint density at radius 2 is 1.82 bits per heavy atom. The van der Waals surface area contributed by atoms with Gasteiger partial charge in [-0.2, -0.15) is 10.1 Å². The van der Waals surface area contributed by atoms with Gasteiger partial charge in [0.15, 0.2) is 0 Å². The number of thiazole rings is 1. The van der Waals surface area contributed by atoms with Crippen LogP contribution in [0.2, 0.25) is 0 Å². The molecule has 0 atom stereocenters. The number of benzene rings is 3. The maximum atomic E-state index is 13.6. The van der Waals surface area contributed by atoms with Gasteiger partial charge in [-0.05, 0) is 80.4 Å². The standard InChI is InChI=1S/C26H25N3O3S/c1-5-32-20-9-7-19(8-10-20)16-27-29(25(30)22-12-6-17(2)14-18(22)3)26-28-23-13-11-21(31-4)15-24(23)33-26/h6-16H,5H2,1-4H3/b27-16+. The van der Waals surface area contributed by atoms with E-state index in [1.807, 2.05) is 81.4 Å². The first-order valence-electron chi connectivity index (χ1n) is 10.6. The van der Waals surface area contributed by atoms with E-state index in [4.69, 9.17) is 9.47 Å². The van der Waals surface area contributed by atoms with Gasteiger partial charge in [0.1, 0.15) is 11.5 Å². The second-order valence-corrected chi connectivity index (χ2v) is 8.52. The minimum atomic E-state index is -0.235. The van der Waals surface area contributed by atoms with E-state index < -0.39 is 0 Å². The molecule has 0 fully saturated rings. The Balaban J connectivity index is 1.73. The third kappa shape index (κ3) is 5.04. The van der Waals surface area contributed by atoms with E-state index in [9.17, 15) is 4.79 Å². The third-order valence-corrected chi connectivity index (χ3v) is 6.08. The molecule has 3 aromatic carbocycles. The summed E-state index contributed by atoms with van der Waals surface area (Å²) in [7, 11) is 1.63. The van der Waals surface area contributed by atoms with Crippen molar-refractivity contribution in [2.75, 3.05) is 18.7 Å². The maximum absolute atomic E-state index is 13.6. The van der Waals surface area contributed by atoms with Crippen LogP contribution in [0.15, 0.2) is 65.8 Å². The highest BCUT2D eigenvalue weighted by molar-refractivity contribution is 7.22. The molecular formula is C26H25N3O3S. The SMILES string of the molecule is CCOc1ccc(/C=N/N(C(=O)c2ccc(C)cc2C)c2nc3ccc(OC)cc3s2)cc1. The first kappa shape index (κ1) is 22.5. The van der Waals surface area contributed by atoms with Crippen molar-refractivity contribution in [3.8, 4) is 11.5 Å². The number of anilines is 1. The van der Waals surface area contributed by atoms with Crippen LogP contribution in [0, 0.1) is 13.8 Å². The Kier molecular flexibility index (Phi) is 6.70. The fourth-order valence-corrected chi connectivity index (χ4v) is 4.36. The smallest absolute Gasteiger partial charge is 0.281 e. The molecule has 0 N–H and O–H groups in total. The number of methoxy groups -OCH3 is 1. The minimum Gasteiger partial charge on any atom is -0.497 e. The van der Waals surface area contributed by atoms with Gasteiger partial charge in [-0.1, -0.05) is 29.0 Å². The van der Waals surface area contributed by atoms with Gasteiger partial charge in [-0.15, -0.1) is 0 Å². The molecule has 0 bridgehead atoms. The lowest BCUT2D eigenvalue weighted by Crippen LogP contribution is -2.26. The second-order valence-electron chi connectivity index (χ2n) is 7.51. The third-order valence-electron chi connectivity index (χ3n) is 5.08. The van der Waals surface area contributed by atoms with Gasteiger partial charge in [-0.3, -0.25) is 4.79 Å². The number of hydrogen-bond acceptors (Lipinski definition) is 6. The van der Waals surface area contributed by atoms with Crippen molar-refractivity contribution < 1.29 is 14.3 Å². The molecule has 0 radical (unpaired) electrons. The average molecular weight is 460 g/mol. The van der Waals surface area contributed by atoms with Crippen LogP contribution in [-0.2, 0) is 0 Å². The Hall–Kier alpha value is -3.71. The molecule has 168 valence electrons. The molecule has 0 saturated carbocycles. The maximum Gasteiger partial charge on any atom is 0.281 e. The summed E-state index contributed by atoms with van der Waals surface area (Å²) in [5, 5.41) is 6.41. The summed E-state index contributed by atoms with van der Waals surface area (Å²) in [6.45, 7) is 6.48. The number of nitrogens with zero attached hydrogens (tertiary/aromatic N) is 3. The summed E-state index contributed by atoms with van der Waals surface area (Å²) < 4.78 is 11.7. The second kappa shape index (κ2) is 9.83. The molecule has 6 nitrogen and oxygen atoms in total. The highest BCUT2D eigenvalue weighted by atomic mass is 32.1. The van der Waals surface area contributed by atoms with Crippen molar-refractivity contribution >= 4 is 38.8 Å². The molecule has 4 aromatic rings. The van der Waals surface area contributed by atoms with Crippen LogP contribution in [0.25, 0.3) is 10.2 Å². The summed E-state index contributed by atoms with van der Waals surface area (Å²) in [4.78, 5) is 18.2. The van der Waals surface area contributed by atoms with Crippen LogP contribution >= 0.6 is 11.3 Å². The van der Waals surface area contributed by atoms with Crippen molar-refractivity contribution in [1.82, 2.24) is 4.98 Å². The fraction of sp³-hybridized carbons (Fsp3) is 0.192. The molecule has 0 unspecified atom stereocenters. The Labute approximate surface area is 197 Å². The lowest BCUT2D eigenvalue weighted by Gasteiger charge is -2.15. The van der Waals surface area contributed by atoms with E-state index in [0.29, 0.717) is 17.3 Å². The van der Waals surface area contributed by atoms with Crippen molar-refractivity contribution in [1.29, 1.82) is 0 Å². The zero-order valence-electron chi connectivity index (χ0n) is 19.0. The lowest BCUT2D eigenvalue weighted by atomic mass is 10.1. The predicted molar refractivity (Wildman–Crippen MR) is 134 cm³/mol. The number of hydrazone groups is 1. The van der Waals surface area contributed by atoms with Crippen LogP contribution in [0.5, 0.6) is 11.5 Å². The van der Waals surface area contributed by atoms with Gasteiger partial charge in [-0.25, -0.2) is 4.98 Å². The highest BCUT2D eigenvalue weighted by Crippen LogP contribution is 2.32. The van der Waals surface area contributed by atoms with Crippen LogP contribution in [0.1, 0.15) is 34.0 Å². The molecule has 1 heterocycles. The van der Waals surface area contributed by atoms with Gasteiger partial charge in [0.05, 0.1) is 30.1 Å². The van der Waals surface area contributed by atoms with Gasteiger partial charge < -0.3 is 9.47 Å². The summed E-state index contributed by atoms with van der Waals surface area (Å²) >= 11 is 1.39. The van der Waals surface area contributed by atoms with Gasteiger partial charge in [0, 0.05) is 5.56 Å². The molecule has 33 heavy (non-hydrogen) atoms. The minimum absolute atomic E-state index is 0.235. The van der Waals surface area contributed by atoms with Gasteiger partial charge in [0.25, 0.3) is 5.91 Å². The number of aryl methyl sites for hydroxylation is 2. The van der Waals surface area contributed by atoms with Crippen LogP contribution in [0.3, 0.4) is 0 Å². The number of ether oxygens (including phenoxy) is 2. The normalized spacial score (nSPS) is 11.2. The molecule has 1 aromatic heterocycles. The quantitative estimate of drug-likeness (QED) is 0.251. The summed E-state index contributed by atoms with van der Waals surface area (Å²) in [5.74, 6) is 1.29. The number of amides is 1. The summed E-state index contributed by atoms with van der Waals surface area (Å²) in [5.41, 5.74) is 4.20. The monoisotopic (exact) mass is 459 g/mol. The fourth-order valence-electron chi connectivity index (χ4n) is 3.41. The van der Waals surface area contributed by atoms with Crippen LogP contribution < -0.4 is 14.5 Å². The van der Waals surface area contributed by atoms with Crippen LogP contribution in [-0.4, -0.2) is 30.8 Å². The van der Waals surface area contributed by atoms with E-state index in [0.717, 1.165) is 38.4 Å². The summed E-state index contributed by atoms with van der Waals surface area (Å²) in [6.07, 6.45) is 1.66. The summed E-state index contributed by atoms with van der Waals surface area (Å²) in [6, 6.07) is 19.0. The Morgan fingerprint density at radius 3 is 2.52 bits per heavy atom. The molecule has 0 spiro atoms. The number of carbonyl (C=O) groups is 1. The molecular weight excluding hydrogens is 434 g/mol. The number of aromatic nitrogens is 1. The molecule has 0 aliphatic rings. The van der Waals surface area contributed by atoms with E-state index in [1.54, 1.807) is 13.3 Å². The van der Waals surface area contributed by atoms with Gasteiger partial charge >= 0.3 is 0 Å². The van der Waals surface area contributed by atoms with Crippen molar-refractivity contribution in [2.24, 2.45) is 5.10 Å². The molecule has 7 heteroatoms. The van der Waals surface area contributed by atoms with E-state index in [2.05, 4.69) is 10.1 Å². The van der Waals surface area contributed by atoms with Crippen molar-refractivity contribution in [3.05, 3.63) is 82.9 Å². The van der Waals surface area contributed by atoms with E-state index >= 15 is 0 Å². The molecule has 0 saturated heterocycles. The van der Waals surface area contributed by atoms with E-state index in [-0.39, 0.29) is 5.91 Å². The molecule has 0 aliphatic heterocycles. The number of carbonyl (C=O) groups excluding carboxylic acids is 1.